The molecular formula is C18H32NO8P. The minimum atomic E-state index is -3.42. The van der Waals surface area contributed by atoms with E-state index in [1.165, 1.54) is 13.0 Å². The van der Waals surface area contributed by atoms with Crippen molar-refractivity contribution in [2.75, 3.05) is 20.3 Å². The van der Waals surface area contributed by atoms with Crippen LogP contribution < -0.4 is 0 Å². The topological polar surface area (TPSA) is 108 Å². The molecule has 0 aliphatic heterocycles. The molecule has 0 aromatic heterocycles. The van der Waals surface area contributed by atoms with Crippen molar-refractivity contribution in [1.82, 2.24) is 5.06 Å². The Morgan fingerprint density at radius 3 is 2.00 bits per heavy atom. The average Bonchev–Trinajstić information content (AvgIpc) is 2.53. The molecule has 162 valence electrons. The number of hydrogen-bond acceptors (Lipinski definition) is 8. The molecule has 0 rings (SSSR count). The molecule has 0 aromatic carbocycles. The first kappa shape index (κ1) is 26.5. The number of hydroxylamine groups is 2. The van der Waals surface area contributed by atoms with Crippen LogP contribution in [0.3, 0.4) is 0 Å². The maximum Gasteiger partial charge on any atom is 0.442 e. The third-order valence-corrected chi connectivity index (χ3v) is 5.71. The second-order valence-corrected chi connectivity index (χ2v) is 9.33. The quantitative estimate of drug-likeness (QED) is 0.226. The zero-order valence-electron chi connectivity index (χ0n) is 17.9. The predicted octanol–water partition coefficient (Wildman–Crippen LogP) is 3.87. The highest BCUT2D eigenvalue weighted by Crippen LogP contribution is 2.53. The average molecular weight is 421 g/mol. The molecule has 0 bridgehead atoms. The number of allylic oxidation sites excluding steroid dienone is 2. The van der Waals surface area contributed by atoms with Gasteiger partial charge in [-0.3, -0.25) is 19.0 Å². The molecule has 0 aromatic rings. The van der Waals surface area contributed by atoms with Gasteiger partial charge in [-0.05, 0) is 54.0 Å². The molecule has 0 fully saturated rings. The Morgan fingerprint density at radius 2 is 1.61 bits per heavy atom. The smallest absolute Gasteiger partial charge is 0.442 e. The number of hydrogen-bond donors (Lipinski definition) is 0. The second kappa shape index (κ2) is 11.5. The molecule has 0 aliphatic rings. The van der Waals surface area contributed by atoms with E-state index in [1.807, 2.05) is 0 Å². The van der Waals surface area contributed by atoms with Crippen LogP contribution in [0, 0.1) is 0 Å². The van der Waals surface area contributed by atoms with Gasteiger partial charge in [0.05, 0.1) is 32.4 Å². The van der Waals surface area contributed by atoms with Crippen molar-refractivity contribution in [1.29, 1.82) is 0 Å². The van der Waals surface area contributed by atoms with Crippen LogP contribution in [0.2, 0.25) is 0 Å². The summed E-state index contributed by atoms with van der Waals surface area (Å²) in [6.07, 6.45) is -0.192. The van der Waals surface area contributed by atoms with Gasteiger partial charge in [0.1, 0.15) is 5.60 Å². The van der Waals surface area contributed by atoms with Crippen LogP contribution >= 0.6 is 7.60 Å². The van der Waals surface area contributed by atoms with Crippen LogP contribution in [-0.2, 0) is 32.8 Å². The van der Waals surface area contributed by atoms with Crippen LogP contribution in [0.1, 0.15) is 54.9 Å². The lowest BCUT2D eigenvalue weighted by Crippen LogP contribution is -2.40. The Morgan fingerprint density at radius 1 is 1.11 bits per heavy atom. The van der Waals surface area contributed by atoms with Gasteiger partial charge in [0, 0.05) is 0 Å². The van der Waals surface area contributed by atoms with Crippen molar-refractivity contribution in [2.24, 2.45) is 0 Å². The summed E-state index contributed by atoms with van der Waals surface area (Å²) >= 11 is 0. The first-order chi connectivity index (χ1) is 12.8. The van der Waals surface area contributed by atoms with Crippen molar-refractivity contribution >= 4 is 25.4 Å². The molecule has 0 spiro atoms. The molecule has 10 heteroatoms. The van der Waals surface area contributed by atoms with Gasteiger partial charge < -0.3 is 13.8 Å². The number of carbonyl (C=O) groups is 3. The van der Waals surface area contributed by atoms with E-state index in [2.05, 4.69) is 0 Å². The highest BCUT2D eigenvalue weighted by atomic mass is 31.2. The van der Waals surface area contributed by atoms with E-state index < -0.39 is 43.1 Å². The molecule has 0 radical (unpaired) electrons. The van der Waals surface area contributed by atoms with Crippen LogP contribution in [0.5, 0.6) is 0 Å². The Bertz CT molecular complexity index is 628. The maximum absolute atomic E-state index is 12.7. The standard InChI is InChI=1S/C18H32NO8P/c1-9-25-28(23,26-10-2)14(4)11-13(3)15(20)12-16(21)19(24-8)17(22)27-18(5,6)7/h11,14H,9-10,12H2,1-8H3/b13-11+. The van der Waals surface area contributed by atoms with Gasteiger partial charge in [0.15, 0.2) is 5.78 Å². The van der Waals surface area contributed by atoms with Crippen molar-refractivity contribution in [2.45, 2.75) is 66.1 Å². The summed E-state index contributed by atoms with van der Waals surface area (Å²) in [4.78, 5) is 41.4. The van der Waals surface area contributed by atoms with Crippen molar-refractivity contribution in [3.05, 3.63) is 11.6 Å². The van der Waals surface area contributed by atoms with Gasteiger partial charge in [0.25, 0.3) is 5.91 Å². The summed E-state index contributed by atoms with van der Waals surface area (Å²) in [5.41, 5.74) is -1.32. The summed E-state index contributed by atoms with van der Waals surface area (Å²) in [5.74, 6) is -1.43. The molecule has 0 aliphatic carbocycles. The lowest BCUT2D eigenvalue weighted by atomic mass is 10.1. The van der Waals surface area contributed by atoms with E-state index in [0.29, 0.717) is 5.06 Å². The third-order valence-electron chi connectivity index (χ3n) is 3.33. The van der Waals surface area contributed by atoms with Gasteiger partial charge in [-0.1, -0.05) is 6.08 Å². The fraction of sp³-hybridized carbons (Fsp3) is 0.722. The summed E-state index contributed by atoms with van der Waals surface area (Å²) in [7, 11) is -2.30. The van der Waals surface area contributed by atoms with Gasteiger partial charge in [-0.15, -0.1) is 5.06 Å². The maximum atomic E-state index is 12.7. The predicted molar refractivity (Wildman–Crippen MR) is 104 cm³/mol. The number of imide groups is 1. The van der Waals surface area contributed by atoms with E-state index in [4.69, 9.17) is 18.6 Å². The summed E-state index contributed by atoms with van der Waals surface area (Å²) in [6.45, 7) is 11.8. The van der Waals surface area contributed by atoms with E-state index in [1.54, 1.807) is 41.5 Å². The minimum absolute atomic E-state index is 0.194. The normalized spacial score (nSPS) is 13.8. The lowest BCUT2D eigenvalue weighted by molar-refractivity contribution is -0.169. The number of nitrogens with zero attached hydrogens (tertiary/aromatic N) is 1. The van der Waals surface area contributed by atoms with Crippen LogP contribution in [0.15, 0.2) is 11.6 Å². The molecule has 1 unspecified atom stereocenters. The van der Waals surface area contributed by atoms with Gasteiger partial charge >= 0.3 is 13.7 Å². The molecule has 0 saturated heterocycles. The molecule has 0 heterocycles. The first-order valence-electron chi connectivity index (χ1n) is 9.01. The fourth-order valence-corrected chi connectivity index (χ4v) is 3.78. The summed E-state index contributed by atoms with van der Waals surface area (Å²) in [5, 5.41) is 0.394. The number of Topliss-reactive ketones (excluding diaryl/α,β-unsaturated/α-hetero) is 1. The third kappa shape index (κ3) is 8.65. The van der Waals surface area contributed by atoms with Gasteiger partial charge in [-0.2, -0.15) is 0 Å². The van der Waals surface area contributed by atoms with E-state index in [9.17, 15) is 18.9 Å². The lowest BCUT2D eigenvalue weighted by Gasteiger charge is -2.24. The number of amides is 2. The molecular weight excluding hydrogens is 389 g/mol. The molecule has 0 N–H and O–H groups in total. The summed E-state index contributed by atoms with van der Waals surface area (Å²) in [6, 6.07) is 0. The molecule has 28 heavy (non-hydrogen) atoms. The van der Waals surface area contributed by atoms with Crippen molar-refractivity contribution in [3.63, 3.8) is 0 Å². The number of ketones is 1. The van der Waals surface area contributed by atoms with Gasteiger partial charge in [-0.25, -0.2) is 4.79 Å². The van der Waals surface area contributed by atoms with Crippen LogP contribution in [-0.4, -0.2) is 54.4 Å². The highest BCUT2D eigenvalue weighted by molar-refractivity contribution is 7.54. The van der Waals surface area contributed by atoms with E-state index in [-0.39, 0.29) is 18.8 Å². The molecule has 9 nitrogen and oxygen atoms in total. The van der Waals surface area contributed by atoms with Crippen LogP contribution in [0.4, 0.5) is 4.79 Å². The van der Waals surface area contributed by atoms with Crippen molar-refractivity contribution in [3.8, 4) is 0 Å². The van der Waals surface area contributed by atoms with Crippen molar-refractivity contribution < 1.29 is 37.6 Å². The molecule has 2 amide bonds. The Kier molecular flexibility index (Phi) is 10.8. The van der Waals surface area contributed by atoms with Crippen LogP contribution in [0.25, 0.3) is 0 Å². The Labute approximate surface area is 166 Å². The minimum Gasteiger partial charge on any atom is -0.442 e. The molecule has 0 saturated carbocycles. The zero-order valence-corrected chi connectivity index (χ0v) is 18.8. The first-order valence-corrected chi connectivity index (χ1v) is 10.6. The molecule has 1 atom stereocenters. The monoisotopic (exact) mass is 421 g/mol. The van der Waals surface area contributed by atoms with E-state index >= 15 is 0 Å². The number of ether oxygens (including phenoxy) is 1. The largest absolute Gasteiger partial charge is 0.442 e. The SMILES string of the molecule is CCOP(=O)(OCC)C(C)/C=C(\C)C(=O)CC(=O)N(OC)C(=O)OC(C)(C)C. The number of carbonyl (C=O) groups excluding carboxylic acids is 3. The van der Waals surface area contributed by atoms with Gasteiger partial charge in [0.2, 0.25) is 0 Å². The highest BCUT2D eigenvalue weighted by Gasteiger charge is 2.32. The Hall–Kier alpha value is -1.54. The van der Waals surface area contributed by atoms with E-state index in [0.717, 1.165) is 7.11 Å². The second-order valence-electron chi connectivity index (χ2n) is 6.92. The number of rotatable bonds is 10. The summed E-state index contributed by atoms with van der Waals surface area (Å²) < 4.78 is 28.3. The zero-order chi connectivity index (χ0) is 22.1. The Balaban J connectivity index is 5.21. The fourth-order valence-electron chi connectivity index (χ4n) is 2.11.